The summed E-state index contributed by atoms with van der Waals surface area (Å²) in [6, 6.07) is -0.481. The number of carbonyl (C=O) groups is 2. The van der Waals surface area contributed by atoms with Crippen molar-refractivity contribution in [3.63, 3.8) is 0 Å². The summed E-state index contributed by atoms with van der Waals surface area (Å²) in [5.41, 5.74) is -3.06. The molecule has 6 heteroatoms. The van der Waals surface area contributed by atoms with Crippen molar-refractivity contribution in [1.29, 1.82) is 0 Å². The molecule has 0 spiro atoms. The number of piperidine rings is 2. The van der Waals surface area contributed by atoms with Gasteiger partial charge in [0.05, 0.1) is 11.6 Å². The molecule has 0 aromatic carbocycles. The maximum absolute atomic E-state index is 12.6. The second-order valence-electron chi connectivity index (χ2n) is 8.46. The molecule has 0 aromatic heterocycles. The number of hydrogen-bond donors (Lipinski definition) is 2. The van der Waals surface area contributed by atoms with E-state index in [1.54, 1.807) is 25.7 Å². The maximum Gasteiger partial charge on any atom is 0.410 e. The molecule has 4 aliphatic rings. The highest BCUT2D eigenvalue weighted by Gasteiger charge is 2.68. The third kappa shape index (κ3) is 2.42. The quantitative estimate of drug-likeness (QED) is 0.814. The van der Waals surface area contributed by atoms with E-state index < -0.39 is 34.7 Å². The number of carboxylic acid groups (broad SMARTS) is 1. The number of fused-ring (bicyclic) bond motifs is 3. The van der Waals surface area contributed by atoms with Crippen molar-refractivity contribution in [2.75, 3.05) is 6.54 Å². The van der Waals surface area contributed by atoms with Crippen molar-refractivity contribution < 1.29 is 24.5 Å². The lowest BCUT2D eigenvalue weighted by Crippen LogP contribution is -2.72. The molecular weight excluding hydrogens is 298 g/mol. The van der Waals surface area contributed by atoms with Crippen LogP contribution in [0, 0.1) is 11.3 Å². The van der Waals surface area contributed by atoms with Crippen LogP contribution in [0.3, 0.4) is 0 Å². The minimum Gasteiger partial charge on any atom is -0.481 e. The average Bonchev–Trinajstić information content (AvgIpc) is 2.42. The molecule has 2 aliphatic heterocycles. The maximum atomic E-state index is 12.6. The lowest BCUT2D eigenvalue weighted by Gasteiger charge is -2.62. The molecule has 3 atom stereocenters. The molecule has 2 N–H and O–H groups in total. The van der Waals surface area contributed by atoms with Gasteiger partial charge >= 0.3 is 12.1 Å². The highest BCUT2D eigenvalue weighted by atomic mass is 16.6. The van der Waals surface area contributed by atoms with E-state index in [0.717, 1.165) is 12.8 Å². The summed E-state index contributed by atoms with van der Waals surface area (Å²) in [6.45, 7) is 5.94. The van der Waals surface area contributed by atoms with Crippen LogP contribution in [0.15, 0.2) is 0 Å². The molecule has 2 heterocycles. The fraction of sp³-hybridized carbons (Fsp3) is 0.882. The third-order valence-electron chi connectivity index (χ3n) is 5.88. The van der Waals surface area contributed by atoms with Crippen LogP contribution in [0.2, 0.25) is 0 Å². The zero-order chi connectivity index (χ0) is 17.0. The van der Waals surface area contributed by atoms with Crippen LogP contribution >= 0.6 is 0 Å². The predicted octanol–water partition coefficient (Wildman–Crippen LogP) is 2.39. The second-order valence-corrected chi connectivity index (χ2v) is 8.46. The van der Waals surface area contributed by atoms with Gasteiger partial charge in [-0.25, -0.2) is 4.79 Å². The van der Waals surface area contributed by atoms with Crippen LogP contribution in [-0.2, 0) is 9.53 Å². The Bertz CT molecular complexity index is 522. The number of nitrogens with zero attached hydrogens (tertiary/aromatic N) is 1. The Balaban J connectivity index is 1.94. The molecule has 3 unspecified atom stereocenters. The number of aliphatic carboxylic acids is 1. The van der Waals surface area contributed by atoms with Gasteiger partial charge in [0.1, 0.15) is 11.0 Å². The predicted molar refractivity (Wildman–Crippen MR) is 82.9 cm³/mol. The molecular formula is C17H27NO5. The number of carboxylic acids is 1. The van der Waals surface area contributed by atoms with E-state index in [-0.39, 0.29) is 5.92 Å². The van der Waals surface area contributed by atoms with Crippen molar-refractivity contribution >= 4 is 12.1 Å². The summed E-state index contributed by atoms with van der Waals surface area (Å²) in [4.78, 5) is 26.4. The number of ether oxygens (including phenoxy) is 1. The van der Waals surface area contributed by atoms with Gasteiger partial charge in [-0.1, -0.05) is 0 Å². The van der Waals surface area contributed by atoms with Gasteiger partial charge in [-0.05, 0) is 65.2 Å². The third-order valence-corrected chi connectivity index (χ3v) is 5.88. The van der Waals surface area contributed by atoms with Crippen LogP contribution in [-0.4, -0.2) is 51.0 Å². The first-order chi connectivity index (χ1) is 10.6. The van der Waals surface area contributed by atoms with E-state index in [4.69, 9.17) is 4.74 Å². The van der Waals surface area contributed by atoms with E-state index in [1.807, 2.05) is 0 Å². The van der Waals surface area contributed by atoms with E-state index >= 15 is 0 Å². The van der Waals surface area contributed by atoms with E-state index in [2.05, 4.69) is 0 Å². The van der Waals surface area contributed by atoms with Gasteiger partial charge in [-0.2, -0.15) is 0 Å². The lowest BCUT2D eigenvalue weighted by atomic mass is 9.50. The molecule has 2 aliphatic carbocycles. The summed E-state index contributed by atoms with van der Waals surface area (Å²) < 4.78 is 5.48. The molecule has 2 bridgehead atoms. The molecule has 2 saturated carbocycles. The van der Waals surface area contributed by atoms with E-state index in [9.17, 15) is 19.8 Å². The van der Waals surface area contributed by atoms with Crippen molar-refractivity contribution in [2.24, 2.45) is 11.3 Å². The van der Waals surface area contributed by atoms with Gasteiger partial charge in [0, 0.05) is 6.54 Å². The molecule has 6 nitrogen and oxygen atoms in total. The number of rotatable bonds is 2. The summed E-state index contributed by atoms with van der Waals surface area (Å²) in [5, 5.41) is 21.0. The van der Waals surface area contributed by atoms with E-state index in [1.165, 1.54) is 0 Å². The first kappa shape index (κ1) is 16.6. The van der Waals surface area contributed by atoms with Gasteiger partial charge in [0.2, 0.25) is 0 Å². The standard InChI is InChI=1S/C17H27NO5/c1-15(2,3)23-14(21)18-10-11-5-6-12(18)17(9-11,13(19)20)16(22)7-4-8-16/h11-12,22H,4-10H2,1-3H3,(H,19,20). The van der Waals surface area contributed by atoms with Gasteiger partial charge in [-0.3, -0.25) is 4.79 Å². The largest absolute Gasteiger partial charge is 0.481 e. The van der Waals surface area contributed by atoms with Crippen molar-refractivity contribution in [2.45, 2.75) is 76.5 Å². The first-order valence-electron chi connectivity index (χ1n) is 8.54. The topological polar surface area (TPSA) is 87.1 Å². The van der Waals surface area contributed by atoms with Gasteiger partial charge in [0.25, 0.3) is 0 Å². The Morgan fingerprint density at radius 1 is 1.22 bits per heavy atom. The Labute approximate surface area is 136 Å². The number of aliphatic hydroxyl groups is 1. The second kappa shape index (κ2) is 5.10. The fourth-order valence-electron chi connectivity index (χ4n) is 4.73. The van der Waals surface area contributed by atoms with Crippen molar-refractivity contribution in [3.8, 4) is 0 Å². The molecule has 23 heavy (non-hydrogen) atoms. The molecule has 4 rings (SSSR count). The van der Waals surface area contributed by atoms with Crippen molar-refractivity contribution in [3.05, 3.63) is 0 Å². The molecule has 0 radical (unpaired) electrons. The SMILES string of the molecule is CC(C)(C)OC(=O)N1CC2CCC1C(C(=O)O)(C1(O)CCC1)C2. The minimum absolute atomic E-state index is 0.119. The highest BCUT2D eigenvalue weighted by Crippen LogP contribution is 2.59. The smallest absolute Gasteiger partial charge is 0.410 e. The molecule has 1 amide bonds. The highest BCUT2D eigenvalue weighted by molar-refractivity contribution is 5.80. The Morgan fingerprint density at radius 2 is 1.87 bits per heavy atom. The average molecular weight is 325 g/mol. The summed E-state index contributed by atoms with van der Waals surface area (Å²) in [5.74, 6) is -0.851. The zero-order valence-electron chi connectivity index (χ0n) is 14.2. The normalized spacial score (nSPS) is 35.6. The number of hydrogen-bond acceptors (Lipinski definition) is 4. The van der Waals surface area contributed by atoms with Crippen LogP contribution in [0.4, 0.5) is 4.79 Å². The molecule has 0 aromatic rings. The van der Waals surface area contributed by atoms with Crippen LogP contribution in [0.25, 0.3) is 0 Å². The number of amides is 1. The lowest BCUT2D eigenvalue weighted by molar-refractivity contribution is -0.222. The van der Waals surface area contributed by atoms with Crippen molar-refractivity contribution in [1.82, 2.24) is 4.90 Å². The summed E-state index contributed by atoms with van der Waals surface area (Å²) in [7, 11) is 0. The van der Waals surface area contributed by atoms with Crippen LogP contribution < -0.4 is 0 Å². The zero-order valence-corrected chi connectivity index (χ0v) is 14.2. The van der Waals surface area contributed by atoms with E-state index in [0.29, 0.717) is 32.2 Å². The monoisotopic (exact) mass is 325 g/mol. The minimum atomic E-state index is -1.25. The van der Waals surface area contributed by atoms with Gasteiger partial charge < -0.3 is 19.8 Å². The Kier molecular flexibility index (Phi) is 3.67. The molecule has 130 valence electrons. The van der Waals surface area contributed by atoms with Gasteiger partial charge in [-0.15, -0.1) is 0 Å². The fourth-order valence-corrected chi connectivity index (χ4v) is 4.73. The molecule has 4 fully saturated rings. The first-order valence-corrected chi connectivity index (χ1v) is 8.54. The summed E-state index contributed by atoms with van der Waals surface area (Å²) in [6.07, 6.45) is 3.39. The Hall–Kier alpha value is -1.30. The number of carbonyl (C=O) groups excluding carboxylic acids is 1. The Morgan fingerprint density at radius 3 is 2.30 bits per heavy atom. The molecule has 2 saturated heterocycles. The van der Waals surface area contributed by atoms with Gasteiger partial charge in [0.15, 0.2) is 0 Å². The van der Waals surface area contributed by atoms with Crippen LogP contribution in [0.1, 0.15) is 59.3 Å². The van der Waals surface area contributed by atoms with Crippen LogP contribution in [0.5, 0.6) is 0 Å². The summed E-state index contributed by atoms with van der Waals surface area (Å²) >= 11 is 0.